The molecule has 0 saturated carbocycles. The van der Waals surface area contributed by atoms with Gasteiger partial charge in [-0.3, -0.25) is 19.1 Å². The molecule has 2 aromatic carbocycles. The van der Waals surface area contributed by atoms with Gasteiger partial charge in [-0.1, -0.05) is 18.2 Å². The van der Waals surface area contributed by atoms with Crippen LogP contribution in [-0.2, 0) is 17.5 Å². The van der Waals surface area contributed by atoms with E-state index in [1.54, 1.807) is 36.4 Å². The summed E-state index contributed by atoms with van der Waals surface area (Å²) in [7, 11) is 0. The van der Waals surface area contributed by atoms with Crippen molar-refractivity contribution in [2.24, 2.45) is 0 Å². The summed E-state index contributed by atoms with van der Waals surface area (Å²) < 4.78 is 38.7. The maximum atomic E-state index is 12.6. The lowest BCUT2D eigenvalue weighted by Gasteiger charge is -2.15. The number of nitrogens with one attached hydrogen (secondary N) is 1. The molecule has 10 heteroatoms. The predicted molar refractivity (Wildman–Crippen MR) is 99.9 cm³/mol. The van der Waals surface area contributed by atoms with E-state index < -0.39 is 36.1 Å². The number of anilines is 2. The zero-order chi connectivity index (χ0) is 21.5. The zero-order valence-corrected chi connectivity index (χ0v) is 15.2. The molecule has 0 radical (unpaired) electrons. The van der Waals surface area contributed by atoms with E-state index in [-0.39, 0.29) is 22.5 Å². The van der Waals surface area contributed by atoms with E-state index in [4.69, 9.17) is 0 Å². The predicted octanol–water partition coefficient (Wildman–Crippen LogP) is 3.34. The molecule has 0 saturated heterocycles. The number of hydrogen-bond acceptors (Lipinski definition) is 4. The quantitative estimate of drug-likeness (QED) is 0.664. The van der Waals surface area contributed by atoms with E-state index in [1.165, 1.54) is 12.1 Å². The Balaban J connectivity index is 1.49. The smallest absolute Gasteiger partial charge is 0.324 e. The van der Waals surface area contributed by atoms with E-state index in [0.717, 1.165) is 21.8 Å². The van der Waals surface area contributed by atoms with Crippen molar-refractivity contribution in [3.8, 4) is 0 Å². The molecule has 2 heterocycles. The number of benzene rings is 2. The topological polar surface area (TPSA) is 84.3 Å². The van der Waals surface area contributed by atoms with Crippen molar-refractivity contribution < 1.29 is 27.6 Å². The summed E-state index contributed by atoms with van der Waals surface area (Å²) >= 11 is 0. The Morgan fingerprint density at radius 3 is 2.23 bits per heavy atom. The summed E-state index contributed by atoms with van der Waals surface area (Å²) in [5.41, 5.74) is 0.0183. The normalized spacial score (nSPS) is 13.5. The van der Waals surface area contributed by atoms with Gasteiger partial charge in [-0.15, -0.1) is 0 Å². The van der Waals surface area contributed by atoms with E-state index >= 15 is 0 Å². The van der Waals surface area contributed by atoms with Gasteiger partial charge in [0.2, 0.25) is 5.91 Å². The van der Waals surface area contributed by atoms with Crippen LogP contribution in [0.4, 0.5) is 24.5 Å². The van der Waals surface area contributed by atoms with E-state index in [9.17, 15) is 27.6 Å². The highest BCUT2D eigenvalue weighted by Crippen LogP contribution is 2.30. The Labute approximate surface area is 167 Å². The van der Waals surface area contributed by atoms with Gasteiger partial charge in [-0.25, -0.2) is 4.90 Å². The van der Waals surface area contributed by atoms with Crippen LogP contribution in [0.2, 0.25) is 0 Å². The minimum atomic E-state index is -4.59. The lowest BCUT2D eigenvalue weighted by Crippen LogP contribution is -2.29. The van der Waals surface area contributed by atoms with E-state index in [0.29, 0.717) is 0 Å². The first-order chi connectivity index (χ1) is 14.2. The second-order valence-electron chi connectivity index (χ2n) is 6.49. The molecule has 0 spiro atoms. The lowest BCUT2D eigenvalue weighted by molar-refractivity contribution is -0.141. The summed E-state index contributed by atoms with van der Waals surface area (Å²) in [5.74, 6) is -1.57. The molecule has 0 bridgehead atoms. The van der Waals surface area contributed by atoms with Crippen molar-refractivity contribution in [3.05, 3.63) is 77.6 Å². The highest BCUT2D eigenvalue weighted by Gasteiger charge is 2.36. The van der Waals surface area contributed by atoms with Crippen LogP contribution >= 0.6 is 0 Å². The molecule has 3 amide bonds. The van der Waals surface area contributed by atoms with Crippen LogP contribution in [0.15, 0.2) is 60.8 Å². The molecular weight excluding hydrogens is 401 g/mol. The number of carbonyl (C=O) groups excluding carboxylic acids is 3. The van der Waals surface area contributed by atoms with Gasteiger partial charge in [0.25, 0.3) is 11.8 Å². The Bertz CT molecular complexity index is 1130. The molecule has 30 heavy (non-hydrogen) atoms. The first-order valence-corrected chi connectivity index (χ1v) is 8.72. The van der Waals surface area contributed by atoms with Crippen LogP contribution in [0.25, 0.3) is 0 Å². The second kappa shape index (κ2) is 7.14. The van der Waals surface area contributed by atoms with Gasteiger partial charge >= 0.3 is 6.18 Å². The summed E-state index contributed by atoms with van der Waals surface area (Å²) in [5, 5.41) is 5.84. The van der Waals surface area contributed by atoms with Crippen molar-refractivity contribution in [1.29, 1.82) is 0 Å². The number of aromatic nitrogens is 2. The third-order valence-corrected chi connectivity index (χ3v) is 4.42. The lowest BCUT2D eigenvalue weighted by atomic mass is 10.1. The third kappa shape index (κ3) is 3.54. The molecule has 7 nitrogen and oxygen atoms in total. The molecule has 152 valence electrons. The van der Waals surface area contributed by atoms with Gasteiger partial charge in [-0.2, -0.15) is 18.3 Å². The van der Waals surface area contributed by atoms with Gasteiger partial charge in [0.05, 0.1) is 16.8 Å². The summed E-state index contributed by atoms with van der Waals surface area (Å²) in [6.07, 6.45) is -3.54. The van der Waals surface area contributed by atoms with Crippen molar-refractivity contribution in [2.45, 2.75) is 12.7 Å². The number of nitrogens with zero attached hydrogens (tertiary/aromatic N) is 3. The number of hydrogen-bond donors (Lipinski definition) is 1. The Hall–Kier alpha value is -3.95. The van der Waals surface area contributed by atoms with Crippen molar-refractivity contribution >= 4 is 29.1 Å². The summed E-state index contributed by atoms with van der Waals surface area (Å²) in [4.78, 5) is 38.3. The zero-order valence-electron chi connectivity index (χ0n) is 15.2. The average Bonchev–Trinajstić information content (AvgIpc) is 3.26. The highest BCUT2D eigenvalue weighted by molar-refractivity contribution is 6.34. The Kier molecular flexibility index (Phi) is 4.61. The van der Waals surface area contributed by atoms with Crippen molar-refractivity contribution in [3.63, 3.8) is 0 Å². The highest BCUT2D eigenvalue weighted by atomic mass is 19.4. The van der Waals surface area contributed by atoms with E-state index in [1.807, 2.05) is 0 Å². The standard InChI is InChI=1S/C20H13F3N4O3/c21-20(22,23)16-8-9-26(25-16)11-17(28)24-12-4-3-5-13(10-12)27-18(29)14-6-1-2-7-15(14)19(27)30/h1-10H,11H2,(H,24,28). The van der Waals surface area contributed by atoms with Crippen LogP contribution in [0, 0.1) is 0 Å². The second-order valence-corrected chi connectivity index (χ2v) is 6.49. The summed E-state index contributed by atoms with van der Waals surface area (Å²) in [6, 6.07) is 13.3. The molecule has 0 atom stereocenters. The third-order valence-electron chi connectivity index (χ3n) is 4.42. The SMILES string of the molecule is O=C(Cn1ccc(C(F)(F)F)n1)Nc1cccc(N2C(=O)c3ccccc3C2=O)c1. The molecule has 4 rings (SSSR count). The fourth-order valence-corrected chi connectivity index (χ4v) is 3.10. The number of carbonyl (C=O) groups is 3. The van der Waals surface area contributed by atoms with Crippen molar-refractivity contribution in [2.75, 3.05) is 10.2 Å². The fourth-order valence-electron chi connectivity index (χ4n) is 3.10. The van der Waals surface area contributed by atoms with E-state index in [2.05, 4.69) is 10.4 Å². The molecule has 0 fully saturated rings. The summed E-state index contributed by atoms with van der Waals surface area (Å²) in [6.45, 7) is -0.437. The Morgan fingerprint density at radius 1 is 0.967 bits per heavy atom. The minimum Gasteiger partial charge on any atom is -0.324 e. The largest absolute Gasteiger partial charge is 0.435 e. The molecule has 1 N–H and O–H groups in total. The molecule has 1 aliphatic heterocycles. The fraction of sp³-hybridized carbons (Fsp3) is 0.100. The number of alkyl halides is 3. The van der Waals surface area contributed by atoms with Crippen LogP contribution < -0.4 is 10.2 Å². The average molecular weight is 414 g/mol. The molecular formula is C20H13F3N4O3. The molecule has 0 aliphatic carbocycles. The number of fused-ring (bicyclic) bond motifs is 1. The minimum absolute atomic E-state index is 0.262. The number of amides is 3. The maximum Gasteiger partial charge on any atom is 0.435 e. The molecule has 1 aromatic heterocycles. The van der Waals surface area contributed by atoms with Crippen LogP contribution in [0.5, 0.6) is 0 Å². The van der Waals surface area contributed by atoms with Gasteiger partial charge in [0, 0.05) is 11.9 Å². The van der Waals surface area contributed by atoms with Crippen LogP contribution in [0.1, 0.15) is 26.4 Å². The monoisotopic (exact) mass is 414 g/mol. The van der Waals surface area contributed by atoms with Crippen LogP contribution in [-0.4, -0.2) is 27.5 Å². The number of halogens is 3. The molecule has 1 aliphatic rings. The molecule has 0 unspecified atom stereocenters. The maximum absolute atomic E-state index is 12.6. The Morgan fingerprint density at radius 2 is 1.63 bits per heavy atom. The van der Waals surface area contributed by atoms with Crippen molar-refractivity contribution in [1.82, 2.24) is 9.78 Å². The van der Waals surface area contributed by atoms with Crippen LogP contribution in [0.3, 0.4) is 0 Å². The van der Waals surface area contributed by atoms with Gasteiger partial charge < -0.3 is 5.32 Å². The van der Waals surface area contributed by atoms with Gasteiger partial charge in [0.15, 0.2) is 5.69 Å². The van der Waals surface area contributed by atoms with Gasteiger partial charge in [-0.05, 0) is 36.4 Å². The van der Waals surface area contributed by atoms with Gasteiger partial charge in [0.1, 0.15) is 6.54 Å². The number of imide groups is 1. The first kappa shape index (κ1) is 19.4. The number of rotatable bonds is 4. The first-order valence-electron chi connectivity index (χ1n) is 8.72. The molecule has 3 aromatic rings.